The topological polar surface area (TPSA) is 62.1 Å². The van der Waals surface area contributed by atoms with E-state index >= 15 is 0 Å². The zero-order valence-electron chi connectivity index (χ0n) is 21.8. The summed E-state index contributed by atoms with van der Waals surface area (Å²) in [5, 5.41) is 0.807. The van der Waals surface area contributed by atoms with Gasteiger partial charge in [0.15, 0.2) is 27.4 Å². The van der Waals surface area contributed by atoms with Crippen molar-refractivity contribution in [3.05, 3.63) is 16.8 Å². The van der Waals surface area contributed by atoms with E-state index in [9.17, 15) is 0 Å². The molecular formula is C23H40Cl2N4O2Si2. The Balaban J connectivity index is 1.78. The summed E-state index contributed by atoms with van der Waals surface area (Å²) < 4.78 is 15.3. The van der Waals surface area contributed by atoms with E-state index in [2.05, 4.69) is 82.7 Å². The standard InChI is InChI=1S/C23H40Cl2N4O2Si2/c1-22(2,3)32(7,8)30-12-16-15(17(16)13-31-33(9,10)23(4,5)6)11-29-14-26-18-19(24)27-21(25)28-20(18)29/h14-17H,11-13H2,1-10H3. The molecule has 0 saturated heterocycles. The fourth-order valence-corrected chi connectivity index (χ4v) is 6.08. The highest BCUT2D eigenvalue weighted by Gasteiger charge is 2.52. The van der Waals surface area contributed by atoms with Gasteiger partial charge in [0.2, 0.25) is 5.28 Å². The molecular weight excluding hydrogens is 491 g/mol. The maximum atomic E-state index is 6.62. The van der Waals surface area contributed by atoms with Gasteiger partial charge in [-0.25, -0.2) is 9.97 Å². The first-order valence-corrected chi connectivity index (χ1v) is 18.3. The van der Waals surface area contributed by atoms with E-state index < -0.39 is 16.6 Å². The molecule has 10 heteroatoms. The van der Waals surface area contributed by atoms with Gasteiger partial charge in [-0.1, -0.05) is 53.1 Å². The molecule has 2 heterocycles. The molecule has 2 unspecified atom stereocenters. The second kappa shape index (κ2) is 9.17. The molecule has 2 aromatic rings. The fraction of sp³-hybridized carbons (Fsp3) is 0.783. The first kappa shape index (κ1) is 27.1. The van der Waals surface area contributed by atoms with E-state index in [4.69, 9.17) is 32.1 Å². The summed E-state index contributed by atoms with van der Waals surface area (Å²) >= 11 is 12.3. The van der Waals surface area contributed by atoms with Gasteiger partial charge in [0.1, 0.15) is 5.52 Å². The predicted molar refractivity (Wildman–Crippen MR) is 142 cm³/mol. The average molecular weight is 532 g/mol. The summed E-state index contributed by atoms with van der Waals surface area (Å²) in [4.78, 5) is 12.8. The summed E-state index contributed by atoms with van der Waals surface area (Å²) in [7, 11) is -3.64. The molecule has 1 aliphatic carbocycles. The van der Waals surface area contributed by atoms with Crippen LogP contribution in [0.2, 0.25) is 46.7 Å². The SMILES string of the molecule is CC(C)(C)[Si](C)(C)OCC1C(CO[Si](C)(C)C(C)(C)C)C1Cn1cnc2c(Cl)nc(Cl)nc21. The van der Waals surface area contributed by atoms with Crippen LogP contribution < -0.4 is 0 Å². The highest BCUT2D eigenvalue weighted by atomic mass is 35.5. The minimum absolute atomic E-state index is 0.140. The number of halogens is 2. The predicted octanol–water partition coefficient (Wildman–Crippen LogP) is 7.04. The Labute approximate surface area is 211 Å². The summed E-state index contributed by atoms with van der Waals surface area (Å²) in [6.07, 6.45) is 1.79. The zero-order chi connectivity index (χ0) is 25.0. The smallest absolute Gasteiger partial charge is 0.225 e. The van der Waals surface area contributed by atoms with Crippen molar-refractivity contribution in [2.45, 2.75) is 84.4 Å². The Morgan fingerprint density at radius 2 is 1.33 bits per heavy atom. The first-order chi connectivity index (χ1) is 14.9. The van der Waals surface area contributed by atoms with Crippen molar-refractivity contribution >= 4 is 51.0 Å². The van der Waals surface area contributed by atoms with Crippen molar-refractivity contribution < 1.29 is 8.85 Å². The van der Waals surface area contributed by atoms with E-state index in [-0.39, 0.29) is 20.5 Å². The Hall–Kier alpha value is -0.516. The van der Waals surface area contributed by atoms with Gasteiger partial charge in [-0.15, -0.1) is 0 Å². The van der Waals surface area contributed by atoms with Crippen molar-refractivity contribution in [3.63, 3.8) is 0 Å². The Bertz CT molecular complexity index is 963. The van der Waals surface area contributed by atoms with Gasteiger partial charge in [-0.3, -0.25) is 0 Å². The van der Waals surface area contributed by atoms with Crippen molar-refractivity contribution in [1.29, 1.82) is 0 Å². The summed E-state index contributed by atoms with van der Waals surface area (Å²) in [6.45, 7) is 25.3. The summed E-state index contributed by atoms with van der Waals surface area (Å²) in [5.41, 5.74) is 1.27. The normalized spacial score (nSPS) is 22.2. The van der Waals surface area contributed by atoms with Crippen LogP contribution in [0.3, 0.4) is 0 Å². The molecule has 0 spiro atoms. The van der Waals surface area contributed by atoms with Crippen molar-refractivity contribution in [2.24, 2.45) is 17.8 Å². The molecule has 1 saturated carbocycles. The number of hydrogen-bond acceptors (Lipinski definition) is 5. The molecule has 1 fully saturated rings. The number of imidazole rings is 1. The maximum absolute atomic E-state index is 6.62. The Kier molecular flexibility index (Phi) is 7.52. The number of nitrogens with zero attached hydrogens (tertiary/aromatic N) is 4. The molecule has 0 aromatic carbocycles. The van der Waals surface area contributed by atoms with Crippen LogP contribution in [0.15, 0.2) is 6.33 Å². The molecule has 0 N–H and O–H groups in total. The number of rotatable bonds is 8. The van der Waals surface area contributed by atoms with E-state index in [1.807, 2.05) is 4.57 Å². The quantitative estimate of drug-likeness (QED) is 0.208. The monoisotopic (exact) mass is 530 g/mol. The van der Waals surface area contributed by atoms with Crippen LogP contribution >= 0.6 is 23.2 Å². The molecule has 2 atom stereocenters. The average Bonchev–Trinajstić information content (AvgIpc) is 3.14. The van der Waals surface area contributed by atoms with Crippen LogP contribution in [0.1, 0.15) is 41.5 Å². The molecule has 0 bridgehead atoms. The lowest BCUT2D eigenvalue weighted by molar-refractivity contribution is 0.233. The lowest BCUT2D eigenvalue weighted by Gasteiger charge is -2.37. The van der Waals surface area contributed by atoms with E-state index in [1.54, 1.807) is 6.33 Å². The van der Waals surface area contributed by atoms with Crippen LogP contribution in [0, 0.1) is 17.8 Å². The number of hydrogen-bond donors (Lipinski definition) is 0. The molecule has 0 radical (unpaired) electrons. The Morgan fingerprint density at radius 1 is 0.848 bits per heavy atom. The molecule has 3 rings (SSSR count). The summed E-state index contributed by atoms with van der Waals surface area (Å²) in [5.74, 6) is 1.34. The molecule has 6 nitrogen and oxygen atoms in total. The molecule has 0 aliphatic heterocycles. The molecule has 2 aromatic heterocycles. The third-order valence-electron chi connectivity index (χ3n) is 8.20. The lowest BCUT2D eigenvalue weighted by Crippen LogP contribution is -2.42. The number of fused-ring (bicyclic) bond motifs is 1. The zero-order valence-corrected chi connectivity index (χ0v) is 25.3. The number of aromatic nitrogens is 4. The van der Waals surface area contributed by atoms with Crippen LogP contribution in [0.25, 0.3) is 11.2 Å². The second-order valence-electron chi connectivity index (χ2n) is 12.5. The van der Waals surface area contributed by atoms with Crippen LogP contribution in [0.4, 0.5) is 0 Å². The Morgan fingerprint density at radius 3 is 1.79 bits per heavy atom. The largest absolute Gasteiger partial charge is 0.417 e. The third-order valence-corrected chi connectivity index (χ3v) is 17.6. The van der Waals surface area contributed by atoms with Crippen LogP contribution in [-0.2, 0) is 15.4 Å². The fourth-order valence-electron chi connectivity index (χ4n) is 3.58. The third kappa shape index (κ3) is 5.84. The highest BCUT2D eigenvalue weighted by Crippen LogP contribution is 2.50. The minimum atomic E-state index is -1.82. The summed E-state index contributed by atoms with van der Waals surface area (Å²) in [6, 6.07) is 0. The van der Waals surface area contributed by atoms with E-state index in [0.29, 0.717) is 28.9 Å². The molecule has 186 valence electrons. The van der Waals surface area contributed by atoms with Crippen molar-refractivity contribution in [2.75, 3.05) is 13.2 Å². The van der Waals surface area contributed by atoms with Crippen molar-refractivity contribution in [3.8, 4) is 0 Å². The molecule has 33 heavy (non-hydrogen) atoms. The molecule has 1 aliphatic rings. The van der Waals surface area contributed by atoms with Gasteiger partial charge in [-0.05, 0) is 65.6 Å². The second-order valence-corrected chi connectivity index (χ2v) is 22.8. The molecule has 0 amide bonds. The van der Waals surface area contributed by atoms with Gasteiger partial charge < -0.3 is 13.4 Å². The minimum Gasteiger partial charge on any atom is -0.417 e. The highest BCUT2D eigenvalue weighted by molar-refractivity contribution is 6.74. The maximum Gasteiger partial charge on any atom is 0.225 e. The van der Waals surface area contributed by atoms with Gasteiger partial charge >= 0.3 is 0 Å². The first-order valence-electron chi connectivity index (χ1n) is 11.8. The van der Waals surface area contributed by atoms with Gasteiger partial charge in [0, 0.05) is 19.8 Å². The van der Waals surface area contributed by atoms with Crippen molar-refractivity contribution in [1.82, 2.24) is 19.5 Å². The van der Waals surface area contributed by atoms with E-state index in [1.165, 1.54) is 0 Å². The van der Waals surface area contributed by atoms with Gasteiger partial charge in [-0.2, -0.15) is 4.98 Å². The van der Waals surface area contributed by atoms with Crippen LogP contribution in [-0.4, -0.2) is 49.4 Å². The van der Waals surface area contributed by atoms with E-state index in [0.717, 1.165) is 19.8 Å². The van der Waals surface area contributed by atoms with Gasteiger partial charge in [0.05, 0.1) is 6.33 Å². The van der Waals surface area contributed by atoms with Crippen LogP contribution in [0.5, 0.6) is 0 Å². The van der Waals surface area contributed by atoms with Gasteiger partial charge in [0.25, 0.3) is 0 Å². The lowest BCUT2D eigenvalue weighted by atomic mass is 10.2.